The number of anilines is 1. The quantitative estimate of drug-likeness (QED) is 0.809. The molecule has 1 aliphatic carbocycles. The topological polar surface area (TPSA) is 69.6 Å². The minimum Gasteiger partial charge on any atom is -0.478 e. The molecule has 0 atom stereocenters. The van der Waals surface area contributed by atoms with Gasteiger partial charge in [-0.05, 0) is 31.0 Å². The van der Waals surface area contributed by atoms with E-state index in [1.54, 1.807) is 17.0 Å². The molecule has 1 fully saturated rings. The highest BCUT2D eigenvalue weighted by Gasteiger charge is 2.31. The van der Waals surface area contributed by atoms with Crippen LogP contribution < -0.4 is 5.32 Å². The van der Waals surface area contributed by atoms with E-state index in [2.05, 4.69) is 27.8 Å². The van der Waals surface area contributed by atoms with Gasteiger partial charge in [0.05, 0.1) is 5.56 Å². The number of carboxylic acid groups (broad SMARTS) is 1. The molecule has 1 saturated carbocycles. The number of amides is 2. The summed E-state index contributed by atoms with van der Waals surface area (Å²) < 4.78 is 0.606. The first-order chi connectivity index (χ1) is 9.51. The number of benzene rings is 1. The number of hydrogen-bond donors (Lipinski definition) is 2. The van der Waals surface area contributed by atoms with Gasteiger partial charge in [0.1, 0.15) is 0 Å². The summed E-state index contributed by atoms with van der Waals surface area (Å²) in [4.78, 5) is 24.9. The van der Waals surface area contributed by atoms with Gasteiger partial charge in [-0.15, -0.1) is 6.58 Å². The molecule has 0 bridgehead atoms. The van der Waals surface area contributed by atoms with E-state index in [4.69, 9.17) is 5.11 Å². The number of hydrogen-bond acceptors (Lipinski definition) is 2. The highest BCUT2D eigenvalue weighted by molar-refractivity contribution is 9.10. The van der Waals surface area contributed by atoms with Crippen LogP contribution in [0.3, 0.4) is 0 Å². The highest BCUT2D eigenvalue weighted by atomic mass is 79.9. The first kappa shape index (κ1) is 14.6. The Morgan fingerprint density at radius 1 is 1.45 bits per heavy atom. The lowest BCUT2D eigenvalue weighted by Gasteiger charge is -2.21. The second-order valence-electron chi connectivity index (χ2n) is 4.64. The summed E-state index contributed by atoms with van der Waals surface area (Å²) in [5.74, 6) is -1.04. The lowest BCUT2D eigenvalue weighted by molar-refractivity contribution is 0.0696. The van der Waals surface area contributed by atoms with E-state index >= 15 is 0 Å². The van der Waals surface area contributed by atoms with Crippen LogP contribution in [0.2, 0.25) is 0 Å². The van der Waals surface area contributed by atoms with Gasteiger partial charge in [0, 0.05) is 22.7 Å². The van der Waals surface area contributed by atoms with Crippen molar-refractivity contribution in [3.63, 3.8) is 0 Å². The molecule has 1 aromatic rings. The Kier molecular flexibility index (Phi) is 4.44. The average molecular weight is 339 g/mol. The molecule has 2 N–H and O–H groups in total. The summed E-state index contributed by atoms with van der Waals surface area (Å²) >= 11 is 3.24. The van der Waals surface area contributed by atoms with E-state index in [0.717, 1.165) is 12.8 Å². The first-order valence-electron chi connectivity index (χ1n) is 6.23. The zero-order valence-electron chi connectivity index (χ0n) is 10.8. The summed E-state index contributed by atoms with van der Waals surface area (Å²) in [6, 6.07) is 4.62. The van der Waals surface area contributed by atoms with Gasteiger partial charge in [-0.1, -0.05) is 22.0 Å². The van der Waals surface area contributed by atoms with Gasteiger partial charge in [-0.2, -0.15) is 0 Å². The molecule has 0 unspecified atom stereocenters. The van der Waals surface area contributed by atoms with Crippen LogP contribution in [0.1, 0.15) is 23.2 Å². The number of carbonyl (C=O) groups is 2. The zero-order chi connectivity index (χ0) is 14.7. The van der Waals surface area contributed by atoms with Crippen LogP contribution in [0.5, 0.6) is 0 Å². The van der Waals surface area contributed by atoms with Crippen LogP contribution in [0.15, 0.2) is 35.3 Å². The molecule has 0 aromatic heterocycles. The SMILES string of the molecule is C=CCN(C(=O)Nc1cc(Br)cc(C(=O)O)c1)C1CC1. The molecule has 0 aliphatic heterocycles. The number of carbonyl (C=O) groups excluding carboxylic acids is 1. The van der Waals surface area contributed by atoms with E-state index < -0.39 is 5.97 Å². The number of carboxylic acids is 1. The number of aromatic carboxylic acids is 1. The number of halogens is 1. The predicted molar refractivity (Wildman–Crippen MR) is 80.0 cm³/mol. The van der Waals surface area contributed by atoms with Gasteiger partial charge < -0.3 is 15.3 Å². The van der Waals surface area contributed by atoms with Crippen molar-refractivity contribution in [2.45, 2.75) is 18.9 Å². The highest BCUT2D eigenvalue weighted by Crippen LogP contribution is 2.28. The van der Waals surface area contributed by atoms with Crippen LogP contribution in [0.4, 0.5) is 10.5 Å². The Morgan fingerprint density at radius 3 is 2.70 bits per heavy atom. The fourth-order valence-corrected chi connectivity index (χ4v) is 2.40. The zero-order valence-corrected chi connectivity index (χ0v) is 12.4. The fourth-order valence-electron chi connectivity index (χ4n) is 1.90. The van der Waals surface area contributed by atoms with Crippen molar-refractivity contribution in [2.24, 2.45) is 0 Å². The van der Waals surface area contributed by atoms with Crippen LogP contribution in [0.25, 0.3) is 0 Å². The Bertz CT molecular complexity index is 555. The maximum absolute atomic E-state index is 12.2. The minimum absolute atomic E-state index is 0.122. The summed E-state index contributed by atoms with van der Waals surface area (Å²) in [6.07, 6.45) is 3.68. The third kappa shape index (κ3) is 3.60. The van der Waals surface area contributed by atoms with E-state index in [-0.39, 0.29) is 17.6 Å². The third-order valence-electron chi connectivity index (χ3n) is 2.97. The molecule has 2 amide bonds. The Labute approximate surface area is 125 Å². The minimum atomic E-state index is -1.04. The van der Waals surface area contributed by atoms with Crippen molar-refractivity contribution in [2.75, 3.05) is 11.9 Å². The molecule has 20 heavy (non-hydrogen) atoms. The van der Waals surface area contributed by atoms with Gasteiger partial charge in [0.15, 0.2) is 0 Å². The van der Waals surface area contributed by atoms with E-state index in [1.807, 2.05) is 0 Å². The smallest absolute Gasteiger partial charge is 0.335 e. The molecule has 0 heterocycles. The van der Waals surface area contributed by atoms with Crippen molar-refractivity contribution < 1.29 is 14.7 Å². The van der Waals surface area contributed by atoms with Gasteiger partial charge in [0.25, 0.3) is 0 Å². The number of nitrogens with zero attached hydrogens (tertiary/aromatic N) is 1. The maximum Gasteiger partial charge on any atom is 0.335 e. The molecular formula is C14H15BrN2O3. The molecule has 0 spiro atoms. The molecule has 2 rings (SSSR count). The molecule has 106 valence electrons. The van der Waals surface area contributed by atoms with Crippen molar-refractivity contribution in [1.82, 2.24) is 4.90 Å². The number of urea groups is 1. The number of nitrogens with one attached hydrogen (secondary N) is 1. The van der Waals surface area contributed by atoms with Crippen molar-refractivity contribution in [1.29, 1.82) is 0 Å². The molecule has 6 heteroatoms. The van der Waals surface area contributed by atoms with Gasteiger partial charge in [0.2, 0.25) is 0 Å². The average Bonchev–Trinajstić information content (AvgIpc) is 3.19. The molecule has 5 nitrogen and oxygen atoms in total. The van der Waals surface area contributed by atoms with Crippen LogP contribution in [-0.2, 0) is 0 Å². The standard InChI is InChI=1S/C14H15BrN2O3/c1-2-5-17(12-3-4-12)14(20)16-11-7-9(13(18)19)6-10(15)8-11/h2,6-8,12H,1,3-5H2,(H,16,20)(H,18,19). The summed E-state index contributed by atoms with van der Waals surface area (Å²) in [5, 5.41) is 11.7. The largest absolute Gasteiger partial charge is 0.478 e. The summed E-state index contributed by atoms with van der Waals surface area (Å²) in [7, 11) is 0. The normalized spacial score (nSPS) is 13.7. The van der Waals surface area contributed by atoms with E-state index in [0.29, 0.717) is 16.7 Å². The van der Waals surface area contributed by atoms with Crippen LogP contribution in [-0.4, -0.2) is 34.6 Å². The van der Waals surface area contributed by atoms with E-state index in [9.17, 15) is 9.59 Å². The van der Waals surface area contributed by atoms with Crippen LogP contribution >= 0.6 is 15.9 Å². The Hall–Kier alpha value is -1.82. The first-order valence-corrected chi connectivity index (χ1v) is 7.03. The third-order valence-corrected chi connectivity index (χ3v) is 3.43. The van der Waals surface area contributed by atoms with E-state index in [1.165, 1.54) is 12.1 Å². The second kappa shape index (κ2) is 6.09. The molecule has 1 aliphatic rings. The maximum atomic E-state index is 12.2. The molecular weight excluding hydrogens is 324 g/mol. The Morgan fingerprint density at radius 2 is 2.15 bits per heavy atom. The molecule has 0 radical (unpaired) electrons. The summed E-state index contributed by atoms with van der Waals surface area (Å²) in [6.45, 7) is 4.13. The van der Waals surface area contributed by atoms with Gasteiger partial charge in [-0.3, -0.25) is 0 Å². The predicted octanol–water partition coefficient (Wildman–Crippen LogP) is 3.33. The van der Waals surface area contributed by atoms with Crippen LogP contribution in [0, 0.1) is 0 Å². The molecule has 0 saturated heterocycles. The van der Waals surface area contributed by atoms with Crippen molar-refractivity contribution >= 4 is 33.6 Å². The molecule has 1 aromatic carbocycles. The van der Waals surface area contributed by atoms with Gasteiger partial charge >= 0.3 is 12.0 Å². The number of rotatable bonds is 5. The van der Waals surface area contributed by atoms with Crippen molar-refractivity contribution in [3.05, 3.63) is 40.9 Å². The summed E-state index contributed by atoms with van der Waals surface area (Å²) in [5.41, 5.74) is 0.577. The van der Waals surface area contributed by atoms with Gasteiger partial charge in [-0.25, -0.2) is 9.59 Å². The lowest BCUT2D eigenvalue weighted by atomic mass is 10.2. The van der Waals surface area contributed by atoms with Crippen molar-refractivity contribution in [3.8, 4) is 0 Å². The Balaban J connectivity index is 2.13. The monoisotopic (exact) mass is 338 g/mol. The fraction of sp³-hybridized carbons (Fsp3) is 0.286. The lowest BCUT2D eigenvalue weighted by Crippen LogP contribution is -2.36. The second-order valence-corrected chi connectivity index (χ2v) is 5.55.